The summed E-state index contributed by atoms with van der Waals surface area (Å²) >= 11 is 0. The van der Waals surface area contributed by atoms with Crippen molar-refractivity contribution in [1.29, 1.82) is 0 Å². The van der Waals surface area contributed by atoms with Gasteiger partial charge in [-0.05, 0) is 37.1 Å². The number of carbonyl (C=O) groups is 2. The molecule has 1 aromatic carbocycles. The van der Waals surface area contributed by atoms with Gasteiger partial charge in [-0.2, -0.15) is 0 Å². The first-order chi connectivity index (χ1) is 12.2. The maximum atomic E-state index is 11.7. The third-order valence-electron chi connectivity index (χ3n) is 3.81. The van der Waals surface area contributed by atoms with Gasteiger partial charge in [-0.25, -0.2) is 0 Å². The minimum absolute atomic E-state index is 0.193. The normalized spacial score (nSPS) is 10.3. The van der Waals surface area contributed by atoms with Gasteiger partial charge in [-0.15, -0.1) is 0 Å². The largest absolute Gasteiger partial charge is 0.497 e. The molecule has 0 bridgehead atoms. The molecule has 0 fully saturated rings. The van der Waals surface area contributed by atoms with E-state index in [1.807, 2.05) is 0 Å². The van der Waals surface area contributed by atoms with E-state index in [0.717, 1.165) is 12.8 Å². The molecule has 0 atom stereocenters. The van der Waals surface area contributed by atoms with Gasteiger partial charge < -0.3 is 14.2 Å². The zero-order valence-corrected chi connectivity index (χ0v) is 15.4. The van der Waals surface area contributed by atoms with Crippen LogP contribution in [0.4, 0.5) is 0 Å². The van der Waals surface area contributed by atoms with Crippen molar-refractivity contribution in [3.63, 3.8) is 0 Å². The molecule has 0 radical (unpaired) electrons. The number of hydrogen-bond acceptors (Lipinski definition) is 5. The summed E-state index contributed by atoms with van der Waals surface area (Å²) in [6, 6.07) is 6.79. The summed E-state index contributed by atoms with van der Waals surface area (Å²) < 4.78 is 15.4. The van der Waals surface area contributed by atoms with Crippen LogP contribution in [0.3, 0.4) is 0 Å². The highest BCUT2D eigenvalue weighted by atomic mass is 16.5. The number of benzene rings is 1. The number of ether oxygens (including phenoxy) is 3. The number of hydrogen-bond donors (Lipinski definition) is 0. The molecular formula is C20H30O5. The molecule has 0 spiro atoms. The molecule has 25 heavy (non-hydrogen) atoms. The van der Waals surface area contributed by atoms with Crippen LogP contribution in [0, 0.1) is 0 Å². The van der Waals surface area contributed by atoms with Crippen LogP contribution in [0.25, 0.3) is 0 Å². The zero-order valence-electron chi connectivity index (χ0n) is 15.4. The summed E-state index contributed by atoms with van der Waals surface area (Å²) in [5, 5.41) is 0. The Balaban J connectivity index is 2.05. The molecule has 0 saturated heterocycles. The highest BCUT2D eigenvalue weighted by Gasteiger charge is 2.08. The first-order valence-electron chi connectivity index (χ1n) is 9.16. The first-order valence-corrected chi connectivity index (χ1v) is 9.16. The Morgan fingerprint density at radius 3 is 2.08 bits per heavy atom. The highest BCUT2D eigenvalue weighted by Crippen LogP contribution is 2.17. The van der Waals surface area contributed by atoms with Crippen LogP contribution < -0.4 is 9.47 Å². The van der Waals surface area contributed by atoms with Gasteiger partial charge in [0.25, 0.3) is 0 Å². The van der Waals surface area contributed by atoms with Crippen molar-refractivity contribution in [2.24, 2.45) is 0 Å². The fraction of sp³-hybridized carbons (Fsp3) is 0.600. The van der Waals surface area contributed by atoms with Crippen molar-refractivity contribution in [2.45, 2.75) is 64.7 Å². The van der Waals surface area contributed by atoms with E-state index in [1.54, 1.807) is 31.4 Å². The average Bonchev–Trinajstić information content (AvgIpc) is 2.61. The highest BCUT2D eigenvalue weighted by molar-refractivity contribution is 5.74. The summed E-state index contributed by atoms with van der Waals surface area (Å²) in [4.78, 5) is 23.3. The Kier molecular flexibility index (Phi) is 11.2. The molecule has 0 aromatic heterocycles. The molecule has 0 N–H and O–H groups in total. The van der Waals surface area contributed by atoms with Gasteiger partial charge >= 0.3 is 11.9 Å². The summed E-state index contributed by atoms with van der Waals surface area (Å²) in [5.41, 5.74) is 0. The minimum atomic E-state index is -0.353. The third-order valence-corrected chi connectivity index (χ3v) is 3.81. The molecule has 5 nitrogen and oxygen atoms in total. The van der Waals surface area contributed by atoms with Crippen LogP contribution in [-0.4, -0.2) is 25.7 Å². The number of rotatable bonds is 13. The molecule has 1 rings (SSSR count). The molecule has 0 aliphatic carbocycles. The molecule has 0 aliphatic heterocycles. The Hall–Kier alpha value is -2.04. The van der Waals surface area contributed by atoms with Crippen LogP contribution in [0.1, 0.15) is 64.7 Å². The summed E-state index contributed by atoms with van der Waals surface area (Å²) in [7, 11) is 1.58. The van der Waals surface area contributed by atoms with E-state index in [-0.39, 0.29) is 24.8 Å². The Labute approximate surface area is 150 Å². The number of carbonyl (C=O) groups excluding carboxylic acids is 2. The topological polar surface area (TPSA) is 61.8 Å². The maximum absolute atomic E-state index is 11.7. The smallest absolute Gasteiger partial charge is 0.311 e. The van der Waals surface area contributed by atoms with Gasteiger partial charge in [0, 0.05) is 12.8 Å². The Morgan fingerprint density at radius 1 is 0.800 bits per heavy atom. The molecule has 0 unspecified atom stereocenters. The quantitative estimate of drug-likeness (QED) is 0.294. The average molecular weight is 350 g/mol. The van der Waals surface area contributed by atoms with E-state index in [1.165, 1.54) is 25.7 Å². The monoisotopic (exact) mass is 350 g/mol. The van der Waals surface area contributed by atoms with E-state index in [9.17, 15) is 9.59 Å². The maximum Gasteiger partial charge on any atom is 0.311 e. The van der Waals surface area contributed by atoms with Crippen LogP contribution in [0.2, 0.25) is 0 Å². The van der Waals surface area contributed by atoms with Crippen molar-refractivity contribution in [2.75, 3.05) is 13.7 Å². The lowest BCUT2D eigenvalue weighted by atomic mass is 10.1. The van der Waals surface area contributed by atoms with Crippen molar-refractivity contribution in [1.82, 2.24) is 0 Å². The second-order valence-electron chi connectivity index (χ2n) is 5.99. The fourth-order valence-corrected chi connectivity index (χ4v) is 2.34. The van der Waals surface area contributed by atoms with E-state index in [4.69, 9.17) is 14.2 Å². The zero-order chi connectivity index (χ0) is 18.3. The molecular weight excluding hydrogens is 320 g/mol. The minimum Gasteiger partial charge on any atom is -0.497 e. The van der Waals surface area contributed by atoms with Crippen LogP contribution in [0.15, 0.2) is 24.3 Å². The van der Waals surface area contributed by atoms with Crippen LogP contribution in [-0.2, 0) is 14.3 Å². The fourth-order valence-electron chi connectivity index (χ4n) is 2.34. The van der Waals surface area contributed by atoms with E-state index < -0.39 is 0 Å². The molecule has 0 aliphatic rings. The summed E-state index contributed by atoms with van der Waals surface area (Å²) in [5.74, 6) is 0.573. The predicted molar refractivity (Wildman–Crippen MR) is 96.8 cm³/mol. The summed E-state index contributed by atoms with van der Waals surface area (Å²) in [6.07, 6.45) is 7.83. The number of unbranched alkanes of at least 4 members (excludes halogenated alkanes) is 5. The third kappa shape index (κ3) is 10.4. The number of methoxy groups -OCH3 is 1. The van der Waals surface area contributed by atoms with Crippen molar-refractivity contribution < 1.29 is 23.8 Å². The Morgan fingerprint density at radius 2 is 1.40 bits per heavy atom. The van der Waals surface area contributed by atoms with E-state index >= 15 is 0 Å². The Bertz CT molecular complexity index is 495. The summed E-state index contributed by atoms with van der Waals surface area (Å²) in [6.45, 7) is 2.66. The molecule has 0 heterocycles. The van der Waals surface area contributed by atoms with Gasteiger partial charge in [0.15, 0.2) is 0 Å². The predicted octanol–water partition coefficient (Wildman–Crippen LogP) is 4.67. The second kappa shape index (κ2) is 13.3. The lowest BCUT2D eigenvalue weighted by molar-refractivity contribution is -0.144. The second-order valence-corrected chi connectivity index (χ2v) is 5.99. The van der Waals surface area contributed by atoms with Crippen molar-refractivity contribution >= 4 is 11.9 Å². The van der Waals surface area contributed by atoms with E-state index in [2.05, 4.69) is 6.92 Å². The van der Waals surface area contributed by atoms with Gasteiger partial charge in [0.2, 0.25) is 0 Å². The first kappa shape index (κ1) is 21.0. The lowest BCUT2D eigenvalue weighted by Crippen LogP contribution is -2.10. The van der Waals surface area contributed by atoms with Gasteiger partial charge in [-0.1, -0.05) is 39.0 Å². The lowest BCUT2D eigenvalue weighted by Gasteiger charge is -2.06. The molecule has 0 amide bonds. The molecule has 140 valence electrons. The van der Waals surface area contributed by atoms with Crippen LogP contribution >= 0.6 is 0 Å². The molecule has 1 aromatic rings. The SMILES string of the molecule is CCCCCCCCOC(=O)CCCC(=O)Oc1ccc(OC)cc1. The van der Waals surface area contributed by atoms with Gasteiger partial charge in [0.05, 0.1) is 13.7 Å². The van der Waals surface area contributed by atoms with Crippen molar-refractivity contribution in [3.8, 4) is 11.5 Å². The van der Waals surface area contributed by atoms with Crippen molar-refractivity contribution in [3.05, 3.63) is 24.3 Å². The standard InChI is InChI=1S/C20H30O5/c1-3-4-5-6-7-8-16-24-19(21)10-9-11-20(22)25-18-14-12-17(23-2)13-15-18/h12-15H,3-11,16H2,1-2H3. The van der Waals surface area contributed by atoms with E-state index in [0.29, 0.717) is 24.5 Å². The number of esters is 2. The molecule has 0 saturated carbocycles. The van der Waals surface area contributed by atoms with Crippen LogP contribution in [0.5, 0.6) is 11.5 Å². The van der Waals surface area contributed by atoms with Gasteiger partial charge in [-0.3, -0.25) is 9.59 Å². The van der Waals surface area contributed by atoms with Gasteiger partial charge in [0.1, 0.15) is 11.5 Å². The molecule has 5 heteroatoms.